The zero-order valence-corrected chi connectivity index (χ0v) is 18.9. The lowest BCUT2D eigenvalue weighted by Gasteiger charge is -2.19. The molecule has 0 spiro atoms. The monoisotopic (exact) mass is 449 g/mol. The number of rotatable bonds is 7. The maximum absolute atomic E-state index is 13.4. The summed E-state index contributed by atoms with van der Waals surface area (Å²) in [5.74, 6) is -0.502. The molecule has 3 aromatic rings. The number of benzene rings is 1. The molecule has 1 fully saturated rings. The van der Waals surface area contributed by atoms with E-state index >= 15 is 0 Å². The lowest BCUT2D eigenvalue weighted by molar-refractivity contribution is -0.116. The zero-order valence-electron chi connectivity index (χ0n) is 18.9. The van der Waals surface area contributed by atoms with Crippen LogP contribution < -0.4 is 16.6 Å². The summed E-state index contributed by atoms with van der Waals surface area (Å²) < 4.78 is 1.42. The van der Waals surface area contributed by atoms with Gasteiger partial charge in [-0.15, -0.1) is 0 Å². The number of H-pyrrole nitrogens is 1. The topological polar surface area (TPSA) is 117 Å². The van der Waals surface area contributed by atoms with Crippen LogP contribution in [0.3, 0.4) is 0 Å². The first-order valence-electron chi connectivity index (χ1n) is 11.0. The Kier molecular flexibility index (Phi) is 6.13. The van der Waals surface area contributed by atoms with E-state index in [1.165, 1.54) is 16.5 Å². The number of likely N-dealkylation sites (N-methyl/N-ethyl adjacent to an activating group) is 1. The van der Waals surface area contributed by atoms with Gasteiger partial charge in [-0.2, -0.15) is 0 Å². The van der Waals surface area contributed by atoms with E-state index in [0.717, 1.165) is 12.8 Å². The van der Waals surface area contributed by atoms with E-state index in [4.69, 9.17) is 0 Å². The Labute approximate surface area is 190 Å². The fraction of sp³-hybridized carbons (Fsp3) is 0.375. The molecule has 33 heavy (non-hydrogen) atoms. The number of nitrogens with zero attached hydrogens (tertiary/aromatic N) is 3. The molecule has 0 saturated heterocycles. The molecule has 1 saturated carbocycles. The predicted octanol–water partition coefficient (Wildman–Crippen LogP) is 2.33. The van der Waals surface area contributed by atoms with Crippen LogP contribution >= 0.6 is 0 Å². The molecular weight excluding hydrogens is 422 g/mol. The van der Waals surface area contributed by atoms with E-state index in [1.807, 2.05) is 19.9 Å². The third-order valence-corrected chi connectivity index (χ3v) is 5.53. The van der Waals surface area contributed by atoms with Crippen molar-refractivity contribution >= 4 is 28.5 Å². The zero-order chi connectivity index (χ0) is 23.7. The van der Waals surface area contributed by atoms with Gasteiger partial charge in [-0.05, 0) is 37.0 Å². The first-order valence-corrected chi connectivity index (χ1v) is 11.0. The molecule has 2 heterocycles. The number of carbonyl (C=O) groups excluding carboxylic acids is 2. The van der Waals surface area contributed by atoms with E-state index in [1.54, 1.807) is 30.3 Å². The summed E-state index contributed by atoms with van der Waals surface area (Å²) in [5.41, 5.74) is 0.479. The molecule has 1 aliphatic carbocycles. The van der Waals surface area contributed by atoms with Crippen molar-refractivity contribution in [1.82, 2.24) is 19.4 Å². The molecule has 1 aromatic carbocycles. The van der Waals surface area contributed by atoms with Crippen LogP contribution in [0.15, 0.2) is 46.0 Å². The molecule has 0 aliphatic heterocycles. The minimum absolute atomic E-state index is 0.0694. The van der Waals surface area contributed by atoms with Crippen LogP contribution in [-0.2, 0) is 11.3 Å². The van der Waals surface area contributed by atoms with Gasteiger partial charge in [0.2, 0.25) is 5.91 Å². The Bertz CT molecular complexity index is 1320. The van der Waals surface area contributed by atoms with Crippen LogP contribution in [0.5, 0.6) is 0 Å². The first-order chi connectivity index (χ1) is 15.7. The summed E-state index contributed by atoms with van der Waals surface area (Å²) >= 11 is 0. The maximum Gasteiger partial charge on any atom is 0.330 e. The molecule has 0 unspecified atom stereocenters. The lowest BCUT2D eigenvalue weighted by atomic mass is 10.1. The molecule has 2 amide bonds. The van der Waals surface area contributed by atoms with Crippen LogP contribution in [0.2, 0.25) is 0 Å². The van der Waals surface area contributed by atoms with Gasteiger partial charge in [-0.25, -0.2) is 9.78 Å². The third-order valence-electron chi connectivity index (χ3n) is 5.53. The Morgan fingerprint density at radius 1 is 1.21 bits per heavy atom. The van der Waals surface area contributed by atoms with Crippen molar-refractivity contribution in [2.24, 2.45) is 5.92 Å². The van der Waals surface area contributed by atoms with Gasteiger partial charge in [-0.3, -0.25) is 23.9 Å². The molecule has 172 valence electrons. The number of hydrogen-bond donors (Lipinski definition) is 2. The van der Waals surface area contributed by atoms with E-state index in [2.05, 4.69) is 15.3 Å². The molecule has 0 bridgehead atoms. The molecule has 2 N–H and O–H groups in total. The summed E-state index contributed by atoms with van der Waals surface area (Å²) in [5, 5.41) is 2.82. The highest BCUT2D eigenvalue weighted by molar-refractivity contribution is 6.06. The van der Waals surface area contributed by atoms with E-state index in [-0.39, 0.29) is 40.9 Å². The summed E-state index contributed by atoms with van der Waals surface area (Å²) in [4.78, 5) is 59.4. The number of nitrogens with one attached hydrogen (secondary N) is 2. The Morgan fingerprint density at radius 2 is 1.91 bits per heavy atom. The van der Waals surface area contributed by atoms with Gasteiger partial charge in [0.1, 0.15) is 0 Å². The molecule has 0 atom stereocenters. The highest BCUT2D eigenvalue weighted by Crippen LogP contribution is 2.40. The van der Waals surface area contributed by atoms with Gasteiger partial charge >= 0.3 is 5.69 Å². The highest BCUT2D eigenvalue weighted by atomic mass is 16.2. The number of fused-ring (bicyclic) bond motifs is 1. The second-order valence-electron chi connectivity index (χ2n) is 8.91. The minimum atomic E-state index is -0.657. The van der Waals surface area contributed by atoms with Gasteiger partial charge in [0.25, 0.3) is 11.5 Å². The minimum Gasteiger partial charge on any atom is -0.332 e. The number of pyridine rings is 1. The van der Waals surface area contributed by atoms with Gasteiger partial charge in [0.15, 0.2) is 5.65 Å². The molecule has 1 aliphatic rings. The molecular formula is C24H27N5O4. The number of carbonyl (C=O) groups is 2. The third kappa shape index (κ3) is 4.87. The Hall–Kier alpha value is -3.75. The van der Waals surface area contributed by atoms with Crippen molar-refractivity contribution in [3.05, 3.63) is 68.5 Å². The number of aromatic nitrogens is 3. The van der Waals surface area contributed by atoms with Crippen molar-refractivity contribution in [1.29, 1.82) is 0 Å². The Balaban J connectivity index is 1.72. The van der Waals surface area contributed by atoms with Gasteiger partial charge in [0.05, 0.1) is 17.5 Å². The fourth-order valence-electron chi connectivity index (χ4n) is 3.80. The van der Waals surface area contributed by atoms with Crippen LogP contribution in [0.4, 0.5) is 5.69 Å². The fourth-order valence-corrected chi connectivity index (χ4v) is 3.80. The van der Waals surface area contributed by atoms with Crippen LogP contribution in [0, 0.1) is 5.92 Å². The SMILES string of the molecule is CC(C)Cn1c(=O)[nH]c(=O)c2c(C(=O)N(C)CC(=O)Nc3ccccc3)cc(C3CC3)nc21. The second kappa shape index (κ2) is 9.01. The molecule has 9 nitrogen and oxygen atoms in total. The normalized spacial score (nSPS) is 13.3. The lowest BCUT2D eigenvalue weighted by Crippen LogP contribution is -2.37. The van der Waals surface area contributed by atoms with Gasteiger partial charge in [-0.1, -0.05) is 32.0 Å². The number of amides is 2. The summed E-state index contributed by atoms with van der Waals surface area (Å²) in [6.07, 6.45) is 1.89. The quantitative estimate of drug-likeness (QED) is 0.574. The van der Waals surface area contributed by atoms with E-state index in [9.17, 15) is 19.2 Å². The van der Waals surface area contributed by atoms with Crippen molar-refractivity contribution in [2.75, 3.05) is 18.9 Å². The van der Waals surface area contributed by atoms with Gasteiger partial charge in [0, 0.05) is 30.9 Å². The molecule has 0 radical (unpaired) electrons. The second-order valence-corrected chi connectivity index (χ2v) is 8.91. The van der Waals surface area contributed by atoms with E-state index in [0.29, 0.717) is 17.9 Å². The maximum atomic E-state index is 13.4. The number of hydrogen-bond acceptors (Lipinski definition) is 5. The largest absolute Gasteiger partial charge is 0.332 e. The number of aromatic amines is 1. The van der Waals surface area contributed by atoms with Crippen molar-refractivity contribution in [2.45, 2.75) is 39.2 Å². The van der Waals surface area contributed by atoms with Crippen LogP contribution in [-0.4, -0.2) is 44.8 Å². The summed E-state index contributed by atoms with van der Waals surface area (Å²) in [6, 6.07) is 10.6. The van der Waals surface area contributed by atoms with Crippen molar-refractivity contribution in [3.8, 4) is 0 Å². The Morgan fingerprint density at radius 3 is 2.55 bits per heavy atom. The van der Waals surface area contributed by atoms with Gasteiger partial charge < -0.3 is 10.2 Å². The molecule has 9 heteroatoms. The van der Waals surface area contributed by atoms with Crippen LogP contribution in [0.1, 0.15) is 48.7 Å². The molecule has 4 rings (SSSR count). The first kappa shape index (κ1) is 22.4. The number of para-hydroxylation sites is 1. The standard InChI is InChI=1S/C24H27N5O4/c1-14(2)12-29-21-20(22(31)27-24(29)33)17(11-18(26-21)15-9-10-15)23(32)28(3)13-19(30)25-16-7-5-4-6-8-16/h4-8,11,14-15H,9-10,12-13H2,1-3H3,(H,25,30)(H,27,31,33). The smallest absolute Gasteiger partial charge is 0.330 e. The predicted molar refractivity (Wildman–Crippen MR) is 125 cm³/mol. The highest BCUT2D eigenvalue weighted by Gasteiger charge is 2.29. The van der Waals surface area contributed by atoms with Crippen molar-refractivity contribution in [3.63, 3.8) is 0 Å². The molecule has 2 aromatic heterocycles. The van der Waals surface area contributed by atoms with Crippen LogP contribution in [0.25, 0.3) is 11.0 Å². The van der Waals surface area contributed by atoms with E-state index < -0.39 is 17.2 Å². The summed E-state index contributed by atoms with van der Waals surface area (Å²) in [7, 11) is 1.51. The van der Waals surface area contributed by atoms with Crippen molar-refractivity contribution < 1.29 is 9.59 Å². The average molecular weight is 450 g/mol. The summed E-state index contributed by atoms with van der Waals surface area (Å²) in [6.45, 7) is 4.08. The number of anilines is 1. The average Bonchev–Trinajstić information content (AvgIpc) is 3.61.